The first-order valence-corrected chi connectivity index (χ1v) is 3.96. The predicted molar refractivity (Wildman–Crippen MR) is 46.3 cm³/mol. The number of hydrogen-bond acceptors (Lipinski definition) is 4. The summed E-state index contributed by atoms with van der Waals surface area (Å²) in [5, 5.41) is 2.97. The summed E-state index contributed by atoms with van der Waals surface area (Å²) in [6.07, 6.45) is 0. The molecule has 4 nitrogen and oxygen atoms in total. The molecular weight excluding hydrogens is 170 g/mol. The molecule has 1 aliphatic rings. The minimum Gasteiger partial charge on any atom is -0.435 e. The summed E-state index contributed by atoms with van der Waals surface area (Å²) in [5.74, 6) is -0.359. The Morgan fingerprint density at radius 1 is 1.31 bits per heavy atom. The molecule has 13 heavy (non-hydrogen) atoms. The van der Waals surface area contributed by atoms with E-state index in [1.807, 2.05) is 12.1 Å². The van der Waals surface area contributed by atoms with Gasteiger partial charge in [-0.05, 0) is 12.1 Å². The summed E-state index contributed by atoms with van der Waals surface area (Å²) in [6, 6.07) is 7.17. The highest BCUT2D eigenvalue weighted by molar-refractivity contribution is 5.95. The number of fused-ring (bicyclic) bond motifs is 1. The molecule has 1 aromatic rings. The Labute approximate surface area is 75.5 Å². The van der Waals surface area contributed by atoms with Crippen molar-refractivity contribution in [2.45, 2.75) is 0 Å². The number of ether oxygens (including phenoxy) is 2. The van der Waals surface area contributed by atoms with E-state index >= 15 is 0 Å². The van der Waals surface area contributed by atoms with E-state index in [-0.39, 0.29) is 12.8 Å². The standard InChI is InChI=1S/C9H9NO3/c11-9-7-3-1-2-4-8(7)10-5-12-6-13-9/h1-4,10H,5-6H2. The average molecular weight is 179 g/mol. The van der Waals surface area contributed by atoms with Gasteiger partial charge in [-0.1, -0.05) is 12.1 Å². The van der Waals surface area contributed by atoms with Crippen LogP contribution in [0.15, 0.2) is 24.3 Å². The molecule has 0 aromatic heterocycles. The van der Waals surface area contributed by atoms with E-state index in [0.29, 0.717) is 12.3 Å². The topological polar surface area (TPSA) is 47.6 Å². The lowest BCUT2D eigenvalue weighted by Gasteiger charge is -2.15. The number of carbonyl (C=O) groups is 1. The molecule has 0 radical (unpaired) electrons. The fourth-order valence-corrected chi connectivity index (χ4v) is 1.16. The van der Waals surface area contributed by atoms with E-state index in [4.69, 9.17) is 9.47 Å². The van der Waals surface area contributed by atoms with Crippen molar-refractivity contribution in [1.82, 2.24) is 0 Å². The van der Waals surface area contributed by atoms with Crippen molar-refractivity contribution >= 4 is 11.7 Å². The van der Waals surface area contributed by atoms with Gasteiger partial charge in [0.1, 0.15) is 6.73 Å². The Bertz CT molecular complexity index is 324. The molecule has 1 heterocycles. The largest absolute Gasteiger partial charge is 0.435 e. The zero-order chi connectivity index (χ0) is 9.10. The van der Waals surface area contributed by atoms with Crippen LogP contribution >= 0.6 is 0 Å². The molecule has 0 amide bonds. The van der Waals surface area contributed by atoms with Gasteiger partial charge in [0.15, 0.2) is 6.79 Å². The second kappa shape index (κ2) is 3.45. The molecule has 0 aliphatic carbocycles. The van der Waals surface area contributed by atoms with Crippen molar-refractivity contribution in [3.05, 3.63) is 29.8 Å². The molecule has 0 saturated carbocycles. The third-order valence-corrected chi connectivity index (χ3v) is 1.79. The van der Waals surface area contributed by atoms with Crippen LogP contribution in [0.1, 0.15) is 10.4 Å². The predicted octanol–water partition coefficient (Wildman–Crippen LogP) is 1.20. The summed E-state index contributed by atoms with van der Waals surface area (Å²) in [4.78, 5) is 11.3. The summed E-state index contributed by atoms with van der Waals surface area (Å²) in [5.41, 5.74) is 1.29. The highest BCUT2D eigenvalue weighted by Gasteiger charge is 2.13. The first kappa shape index (κ1) is 8.07. The number of para-hydroxylation sites is 1. The molecule has 0 unspecified atom stereocenters. The van der Waals surface area contributed by atoms with Crippen LogP contribution in [0.25, 0.3) is 0 Å². The smallest absolute Gasteiger partial charge is 0.342 e. The van der Waals surface area contributed by atoms with E-state index in [9.17, 15) is 4.79 Å². The summed E-state index contributed by atoms with van der Waals surface area (Å²) < 4.78 is 9.76. The maximum Gasteiger partial charge on any atom is 0.342 e. The molecule has 1 aromatic carbocycles. The number of anilines is 1. The number of hydrogen-bond donors (Lipinski definition) is 1. The first-order valence-electron chi connectivity index (χ1n) is 3.96. The van der Waals surface area contributed by atoms with Crippen LogP contribution in [0.3, 0.4) is 0 Å². The van der Waals surface area contributed by atoms with Gasteiger partial charge in [0.25, 0.3) is 0 Å². The molecule has 1 aliphatic heterocycles. The number of rotatable bonds is 0. The summed E-state index contributed by atoms with van der Waals surface area (Å²) >= 11 is 0. The van der Waals surface area contributed by atoms with Gasteiger partial charge in [-0.25, -0.2) is 4.79 Å². The molecule has 4 heteroatoms. The van der Waals surface area contributed by atoms with Crippen molar-refractivity contribution in [3.8, 4) is 0 Å². The quantitative estimate of drug-likeness (QED) is 0.608. The minimum absolute atomic E-state index is 0.000166. The van der Waals surface area contributed by atoms with E-state index in [0.717, 1.165) is 5.69 Å². The number of benzene rings is 1. The van der Waals surface area contributed by atoms with Gasteiger partial charge in [-0.3, -0.25) is 0 Å². The number of cyclic esters (lactones) is 1. The molecule has 0 fully saturated rings. The minimum atomic E-state index is -0.359. The average Bonchev–Trinajstić information content (AvgIpc) is 2.14. The van der Waals surface area contributed by atoms with Gasteiger partial charge in [-0.2, -0.15) is 0 Å². The highest BCUT2D eigenvalue weighted by atomic mass is 16.7. The van der Waals surface area contributed by atoms with Crippen LogP contribution in [-0.2, 0) is 9.47 Å². The van der Waals surface area contributed by atoms with E-state index < -0.39 is 0 Å². The first-order chi connectivity index (χ1) is 6.38. The van der Waals surface area contributed by atoms with Crippen LogP contribution in [-0.4, -0.2) is 19.5 Å². The fourth-order valence-electron chi connectivity index (χ4n) is 1.16. The molecular formula is C9H9NO3. The van der Waals surface area contributed by atoms with Crippen LogP contribution < -0.4 is 5.32 Å². The molecule has 0 atom stereocenters. The third-order valence-electron chi connectivity index (χ3n) is 1.79. The lowest BCUT2D eigenvalue weighted by molar-refractivity contribution is -0.0277. The van der Waals surface area contributed by atoms with Gasteiger partial charge in [0.2, 0.25) is 0 Å². The van der Waals surface area contributed by atoms with Crippen molar-refractivity contribution < 1.29 is 14.3 Å². The third kappa shape index (κ3) is 1.62. The molecule has 0 saturated heterocycles. The van der Waals surface area contributed by atoms with Gasteiger partial charge in [0.05, 0.1) is 11.3 Å². The normalized spacial score (nSPS) is 16.2. The fraction of sp³-hybridized carbons (Fsp3) is 0.222. The Balaban J connectivity index is 2.37. The number of nitrogens with one attached hydrogen (secondary N) is 1. The molecule has 68 valence electrons. The van der Waals surface area contributed by atoms with Crippen molar-refractivity contribution in [3.63, 3.8) is 0 Å². The van der Waals surface area contributed by atoms with E-state index in [1.165, 1.54) is 0 Å². The molecule has 1 N–H and O–H groups in total. The van der Waals surface area contributed by atoms with Crippen molar-refractivity contribution in [2.24, 2.45) is 0 Å². The van der Waals surface area contributed by atoms with Crippen LogP contribution in [0.5, 0.6) is 0 Å². The van der Waals surface area contributed by atoms with E-state index in [1.54, 1.807) is 12.1 Å². The Kier molecular flexibility index (Phi) is 2.14. The van der Waals surface area contributed by atoms with Crippen LogP contribution in [0.4, 0.5) is 5.69 Å². The molecule has 2 rings (SSSR count). The Morgan fingerprint density at radius 2 is 2.15 bits per heavy atom. The van der Waals surface area contributed by atoms with Crippen molar-refractivity contribution in [1.29, 1.82) is 0 Å². The van der Waals surface area contributed by atoms with Crippen LogP contribution in [0, 0.1) is 0 Å². The molecule has 0 spiro atoms. The van der Waals surface area contributed by atoms with Gasteiger partial charge >= 0.3 is 5.97 Å². The Morgan fingerprint density at radius 3 is 3.08 bits per heavy atom. The van der Waals surface area contributed by atoms with Gasteiger partial charge < -0.3 is 14.8 Å². The lowest BCUT2D eigenvalue weighted by Crippen LogP contribution is -2.18. The molecule has 0 bridgehead atoms. The number of esters is 1. The van der Waals surface area contributed by atoms with E-state index in [2.05, 4.69) is 5.32 Å². The van der Waals surface area contributed by atoms with Crippen LogP contribution in [0.2, 0.25) is 0 Å². The lowest BCUT2D eigenvalue weighted by atomic mass is 10.2. The van der Waals surface area contributed by atoms with Gasteiger partial charge in [0, 0.05) is 0 Å². The SMILES string of the molecule is O=C1OCOCNc2ccccc21. The maximum absolute atomic E-state index is 11.3. The van der Waals surface area contributed by atoms with Crippen molar-refractivity contribution in [2.75, 3.05) is 18.8 Å². The summed E-state index contributed by atoms with van der Waals surface area (Å²) in [6.45, 7) is 0.352. The number of carbonyl (C=O) groups excluding carboxylic acids is 1. The highest BCUT2D eigenvalue weighted by Crippen LogP contribution is 2.17. The second-order valence-electron chi connectivity index (χ2n) is 2.62. The second-order valence-corrected chi connectivity index (χ2v) is 2.62. The maximum atomic E-state index is 11.3. The Hall–Kier alpha value is -1.55. The van der Waals surface area contributed by atoms with Gasteiger partial charge in [-0.15, -0.1) is 0 Å². The zero-order valence-corrected chi connectivity index (χ0v) is 6.95. The summed E-state index contributed by atoms with van der Waals surface area (Å²) in [7, 11) is 0. The zero-order valence-electron chi connectivity index (χ0n) is 6.95. The monoisotopic (exact) mass is 179 g/mol.